The zero-order chi connectivity index (χ0) is 76.7. The fourth-order valence-electron chi connectivity index (χ4n) is 16.2. The highest BCUT2D eigenvalue weighted by Crippen LogP contribution is 2.48. The zero-order valence-corrected chi connectivity index (χ0v) is 64.5. The highest BCUT2D eigenvalue weighted by atomic mass is 16.5. The first-order valence-electron chi connectivity index (χ1n) is 39.0. The summed E-state index contributed by atoms with van der Waals surface area (Å²) < 4.78 is 21.7. The van der Waals surface area contributed by atoms with E-state index in [2.05, 4.69) is 162 Å². The number of nitrogens with one attached hydrogen (secondary N) is 4. The Bertz CT molecular complexity index is 6260. The lowest BCUT2D eigenvalue weighted by Gasteiger charge is -2.22. The molecule has 0 amide bonds. The minimum Gasteiger partial charge on any atom is -0.361 e. The van der Waals surface area contributed by atoms with Gasteiger partial charge in [0.25, 0.3) is 0 Å². The number of nitrogens with zero attached hydrogens (tertiary/aromatic N) is 8. The predicted octanol–water partition coefficient (Wildman–Crippen LogP) is 22.9. The van der Waals surface area contributed by atoms with E-state index < -0.39 is 0 Å². The number of aromatic amines is 4. The van der Waals surface area contributed by atoms with E-state index in [4.69, 9.17) is 38.0 Å². The van der Waals surface area contributed by atoms with Crippen LogP contribution in [0.15, 0.2) is 194 Å². The average molecular weight is 1480 g/mol. The number of aryl methyl sites for hydroxylation is 8. The summed E-state index contributed by atoms with van der Waals surface area (Å²) in [7, 11) is 0. The second-order valence-corrected chi connectivity index (χ2v) is 30.9. The molecule has 0 spiro atoms. The molecule has 4 saturated carbocycles. The third-order valence-corrected chi connectivity index (χ3v) is 22.5. The molecule has 1 atom stereocenters. The summed E-state index contributed by atoms with van der Waals surface area (Å²) in [5.41, 5.74) is 32.2. The Morgan fingerprint density at radius 1 is 0.348 bits per heavy atom. The number of hydrogen-bond acceptors (Lipinski definition) is 14. The number of H-pyrrole nitrogens is 4. The summed E-state index contributed by atoms with van der Waals surface area (Å²) in [4.78, 5) is 57.7. The van der Waals surface area contributed by atoms with Gasteiger partial charge in [-0.1, -0.05) is 154 Å². The van der Waals surface area contributed by atoms with Gasteiger partial charge in [0.15, 0.2) is 11.6 Å². The summed E-state index contributed by atoms with van der Waals surface area (Å²) in [5, 5.41) is 16.6. The molecular weight excluding hydrogens is 1390 g/mol. The molecule has 4 N–H and O–H groups in total. The molecular formula is C94H86N12O6. The van der Waals surface area contributed by atoms with Gasteiger partial charge in [-0.25, -0.2) is 19.9 Å². The molecule has 8 aromatic carbocycles. The Morgan fingerprint density at radius 2 is 0.732 bits per heavy atom. The van der Waals surface area contributed by atoms with E-state index in [1.807, 2.05) is 110 Å². The molecule has 18 heteroatoms. The molecule has 1 unspecified atom stereocenters. The molecule has 8 heterocycles. The molecule has 18 nitrogen and oxygen atoms in total. The van der Waals surface area contributed by atoms with Crippen LogP contribution in [-0.2, 0) is 6.42 Å². The van der Waals surface area contributed by atoms with E-state index in [-0.39, 0.29) is 17.5 Å². The molecule has 558 valence electrons. The lowest BCUT2D eigenvalue weighted by molar-refractivity contribution is 0.100. The van der Waals surface area contributed by atoms with E-state index in [9.17, 15) is 9.59 Å². The van der Waals surface area contributed by atoms with Gasteiger partial charge in [-0.2, -0.15) is 0 Å². The van der Waals surface area contributed by atoms with Gasteiger partial charge in [-0.3, -0.25) is 9.59 Å². The molecule has 5 aliphatic carbocycles. The van der Waals surface area contributed by atoms with Gasteiger partial charge in [-0.05, 0) is 213 Å². The van der Waals surface area contributed by atoms with E-state index in [0.29, 0.717) is 34.8 Å². The van der Waals surface area contributed by atoms with Crippen LogP contribution < -0.4 is 0 Å². The van der Waals surface area contributed by atoms with E-state index >= 15 is 0 Å². The van der Waals surface area contributed by atoms with Crippen molar-refractivity contribution >= 4 is 50.2 Å². The topological polar surface area (TPSA) is 253 Å². The monoisotopic (exact) mass is 1480 g/mol. The largest absolute Gasteiger partial charge is 0.361 e. The number of carbonyl (C=O) groups is 2. The maximum atomic E-state index is 11.9. The Balaban J connectivity index is 0.000000105. The number of fused-ring (bicyclic) bond motifs is 4. The minimum absolute atomic E-state index is 0.0562. The smallest absolute Gasteiger partial charge is 0.159 e. The van der Waals surface area contributed by atoms with Crippen LogP contribution >= 0.6 is 0 Å². The van der Waals surface area contributed by atoms with Gasteiger partial charge in [0.05, 0.1) is 61.6 Å². The van der Waals surface area contributed by atoms with Gasteiger partial charge in [-0.15, -0.1) is 0 Å². The Kier molecular flexibility index (Phi) is 18.3. The van der Waals surface area contributed by atoms with Crippen molar-refractivity contribution in [3.8, 4) is 77.9 Å². The lowest BCUT2D eigenvalue weighted by Crippen LogP contribution is -2.11. The van der Waals surface area contributed by atoms with E-state index in [0.717, 1.165) is 176 Å². The van der Waals surface area contributed by atoms with E-state index in [1.165, 1.54) is 90.5 Å². The number of rotatable bonds is 15. The fourth-order valence-corrected chi connectivity index (χ4v) is 16.2. The minimum atomic E-state index is 0.0562. The average Bonchev–Trinajstić information content (AvgIpc) is 1.52. The van der Waals surface area contributed by atoms with Crippen LogP contribution in [0.4, 0.5) is 0 Å². The molecule has 112 heavy (non-hydrogen) atoms. The number of imidazole rings is 4. The quantitative estimate of drug-likeness (QED) is 0.0697. The molecule has 8 aromatic heterocycles. The molecule has 5 aliphatic rings. The first-order valence-corrected chi connectivity index (χ1v) is 39.0. The number of hydrogen-bond donors (Lipinski definition) is 4. The Morgan fingerprint density at radius 3 is 1.14 bits per heavy atom. The summed E-state index contributed by atoms with van der Waals surface area (Å²) in [6.45, 7) is 18.9. The number of carbonyl (C=O) groups excluding carboxylic acids is 2. The zero-order valence-electron chi connectivity index (χ0n) is 64.5. The third kappa shape index (κ3) is 14.0. The number of allylic oxidation sites excluding steroid dienone is 1. The van der Waals surface area contributed by atoms with Gasteiger partial charge in [0, 0.05) is 97.3 Å². The second kappa shape index (κ2) is 28.9. The van der Waals surface area contributed by atoms with Crippen LogP contribution in [-0.4, -0.2) is 72.1 Å². The van der Waals surface area contributed by atoms with Crippen LogP contribution in [0.5, 0.6) is 0 Å². The van der Waals surface area contributed by atoms with Gasteiger partial charge in [0.2, 0.25) is 0 Å². The molecule has 0 bridgehead atoms. The van der Waals surface area contributed by atoms with Crippen molar-refractivity contribution in [3.05, 3.63) is 279 Å². The van der Waals surface area contributed by atoms with Crippen LogP contribution in [0.2, 0.25) is 0 Å². The maximum absolute atomic E-state index is 11.9. The molecule has 4 fully saturated rings. The molecule has 16 aromatic rings. The maximum Gasteiger partial charge on any atom is 0.159 e. The van der Waals surface area contributed by atoms with Gasteiger partial charge >= 0.3 is 0 Å². The summed E-state index contributed by atoms with van der Waals surface area (Å²) in [6, 6.07) is 58.1. The first-order chi connectivity index (χ1) is 54.4. The van der Waals surface area contributed by atoms with E-state index in [1.54, 1.807) is 13.8 Å². The highest BCUT2D eigenvalue weighted by Gasteiger charge is 2.35. The number of aromatic nitrogens is 12. The number of Topliss-reactive ketones (excluding diaryl/α,β-unsaturated/α-hetero) is 2. The van der Waals surface area contributed by atoms with Crippen molar-refractivity contribution < 1.29 is 27.7 Å². The number of benzene rings is 8. The van der Waals surface area contributed by atoms with Crippen molar-refractivity contribution in [1.82, 2.24) is 60.5 Å². The highest BCUT2D eigenvalue weighted by molar-refractivity contribution is 6.02. The summed E-state index contributed by atoms with van der Waals surface area (Å²) >= 11 is 0. The van der Waals surface area contributed by atoms with Crippen molar-refractivity contribution in [2.75, 3.05) is 0 Å². The van der Waals surface area contributed by atoms with Crippen LogP contribution in [0.1, 0.15) is 207 Å². The predicted molar refractivity (Wildman–Crippen MR) is 437 cm³/mol. The summed E-state index contributed by atoms with van der Waals surface area (Å²) in [6.07, 6.45) is 13.0. The Labute approximate surface area is 648 Å². The SMILES string of the molecule is CC(=O)c1ccc(-c2cc(-c3c(C)noc3C)cc3[nH]c(C4CC4)nc23)cc1.CC(=O)c1cccc(-c2cc(-c3c(C)noc3C)cc3[nH]c(C4CC4)nc23)c1.Cc1noc(C)c1-c1cc(-c2ccccc2)c2nc(C3CC3)[nH]c2c1.Cc1noc(C)c1C1C=C(c2ccccc2-c2ccccc2)c2nc(C3CC3)[nH]c2C1. The molecule has 0 aliphatic heterocycles. The number of ketones is 2. The van der Waals surface area contributed by atoms with Crippen molar-refractivity contribution in [2.24, 2.45) is 0 Å². The lowest BCUT2D eigenvalue weighted by atomic mass is 9.81. The van der Waals surface area contributed by atoms with Crippen LogP contribution in [0.25, 0.3) is 117 Å². The van der Waals surface area contributed by atoms with Crippen molar-refractivity contribution in [2.45, 2.75) is 157 Å². The first kappa shape index (κ1) is 70.9. The third-order valence-electron chi connectivity index (χ3n) is 22.5. The van der Waals surface area contributed by atoms with Crippen molar-refractivity contribution in [1.29, 1.82) is 0 Å². The summed E-state index contributed by atoms with van der Waals surface area (Å²) in [5.74, 6) is 10.3. The van der Waals surface area contributed by atoms with Crippen LogP contribution in [0.3, 0.4) is 0 Å². The molecule has 0 saturated heterocycles. The molecule has 21 rings (SSSR count). The Hall–Kier alpha value is -12.7. The fraction of sp³-hybridized carbons (Fsp3) is 0.255. The van der Waals surface area contributed by atoms with Crippen molar-refractivity contribution in [3.63, 3.8) is 0 Å². The normalized spacial score (nSPS) is 15.2. The van der Waals surface area contributed by atoms with Gasteiger partial charge in [0.1, 0.15) is 46.3 Å². The molecule has 0 radical (unpaired) electrons. The van der Waals surface area contributed by atoms with Crippen LogP contribution in [0, 0.1) is 55.4 Å². The van der Waals surface area contributed by atoms with Gasteiger partial charge < -0.3 is 38.0 Å². The standard InChI is InChI=1S/C27H25N3O.2C23H21N3O2.C21H19N3O/c1-16-25(17(2)31-30-16)20-14-23(26-24(15-20)28-27(29-26)19-12-13-19)22-11-7-6-10-21(22)18-8-4-3-5-9-18;1-12-21(14(3)28-26-12)18-10-19(16-6-4-15(5-7-16)13(2)27)22-20(11-18)24-23(25-22)17-8-9-17;1-12-21(14(3)28-26-12)18-10-19(17-6-4-5-16(9-17)13(2)27)22-20(11-18)24-23(25-22)15-7-8-15;1-12-19(13(2)25-24-12)16-10-17(14-6-4-3-5-7-14)20-18(11-16)22-21(23-20)15-8-9-15/h3-11,14,19-20H,12-13,15H2,1-2H3,(H,28,29);4-7,10-11,17H,8-9H2,1-3H3,(H,24,25);4-6,9-11,15H,7-8H2,1-3H3,(H,24,25);3-7,10-11,15H,8-9H2,1-2H3,(H,22,23). The second-order valence-electron chi connectivity index (χ2n) is 30.9.